The van der Waals surface area contributed by atoms with Crippen molar-refractivity contribution < 1.29 is 0 Å². The molecule has 1 rings (SSSR count). The van der Waals surface area contributed by atoms with Crippen LogP contribution in [0, 0.1) is 0 Å². The van der Waals surface area contributed by atoms with E-state index in [1.165, 1.54) is 43.4 Å². The Kier molecular flexibility index (Phi) is 7.91. The van der Waals surface area contributed by atoms with E-state index in [1.54, 1.807) is 11.3 Å². The molecule has 0 aliphatic heterocycles. The highest BCUT2D eigenvalue weighted by molar-refractivity contribution is 7.16. The molecule has 1 nitrogen and oxygen atoms in total. The van der Waals surface area contributed by atoms with E-state index < -0.39 is 0 Å². The largest absolute Gasteiger partial charge is 0.314 e. The number of hydrogen-bond acceptors (Lipinski definition) is 2. The first-order valence-corrected chi connectivity index (χ1v) is 7.93. The van der Waals surface area contributed by atoms with Crippen molar-refractivity contribution in [1.82, 2.24) is 5.32 Å². The van der Waals surface area contributed by atoms with E-state index >= 15 is 0 Å². The van der Waals surface area contributed by atoms with Crippen LogP contribution < -0.4 is 5.32 Å². The van der Waals surface area contributed by atoms with Crippen molar-refractivity contribution in [3.05, 3.63) is 21.3 Å². The van der Waals surface area contributed by atoms with Gasteiger partial charge in [0.2, 0.25) is 0 Å². The lowest BCUT2D eigenvalue weighted by molar-refractivity contribution is 0.438. The molecule has 0 radical (unpaired) electrons. The average molecular weight is 274 g/mol. The van der Waals surface area contributed by atoms with Gasteiger partial charge in [-0.1, -0.05) is 31.9 Å². The second-order valence-electron chi connectivity index (χ2n) is 4.54. The standard InChI is InChI=1S/C14H24ClNS/c1-3-6-12(16-11-4-2)7-5-8-13-9-10-14(15)17-13/h9-10,12,16H,3-8,11H2,1-2H3. The zero-order valence-electron chi connectivity index (χ0n) is 11.0. The molecule has 1 atom stereocenters. The van der Waals surface area contributed by atoms with Crippen LogP contribution in [-0.2, 0) is 6.42 Å². The molecule has 0 bridgehead atoms. The Labute approximate surface area is 115 Å². The normalized spacial score (nSPS) is 12.9. The molecule has 1 aromatic heterocycles. The van der Waals surface area contributed by atoms with Gasteiger partial charge in [0.25, 0.3) is 0 Å². The van der Waals surface area contributed by atoms with Gasteiger partial charge < -0.3 is 5.32 Å². The highest BCUT2D eigenvalue weighted by Crippen LogP contribution is 2.23. The summed E-state index contributed by atoms with van der Waals surface area (Å²) < 4.78 is 0.911. The van der Waals surface area contributed by atoms with Crippen molar-refractivity contribution in [1.29, 1.82) is 0 Å². The van der Waals surface area contributed by atoms with Crippen molar-refractivity contribution in [2.24, 2.45) is 0 Å². The summed E-state index contributed by atoms with van der Waals surface area (Å²) in [6, 6.07) is 4.86. The van der Waals surface area contributed by atoms with Crippen molar-refractivity contribution in [2.45, 2.75) is 58.4 Å². The smallest absolute Gasteiger partial charge is 0.0931 e. The number of halogens is 1. The Balaban J connectivity index is 2.21. The maximum atomic E-state index is 5.93. The predicted octanol–water partition coefficient (Wildman–Crippen LogP) is 4.89. The van der Waals surface area contributed by atoms with E-state index in [0.717, 1.165) is 10.9 Å². The van der Waals surface area contributed by atoms with Crippen molar-refractivity contribution in [2.75, 3.05) is 6.54 Å². The van der Waals surface area contributed by atoms with Crippen molar-refractivity contribution in [3.8, 4) is 0 Å². The zero-order chi connectivity index (χ0) is 12.5. The number of thiophene rings is 1. The van der Waals surface area contributed by atoms with Gasteiger partial charge in [-0.25, -0.2) is 0 Å². The third-order valence-electron chi connectivity index (χ3n) is 2.92. The number of hydrogen-bond donors (Lipinski definition) is 1. The monoisotopic (exact) mass is 273 g/mol. The molecular weight excluding hydrogens is 250 g/mol. The van der Waals surface area contributed by atoms with Gasteiger partial charge in [0, 0.05) is 10.9 Å². The van der Waals surface area contributed by atoms with Crippen LogP contribution >= 0.6 is 22.9 Å². The fraction of sp³-hybridized carbons (Fsp3) is 0.714. The molecule has 0 saturated carbocycles. The average Bonchev–Trinajstić information content (AvgIpc) is 2.72. The molecule has 1 aromatic rings. The van der Waals surface area contributed by atoms with Gasteiger partial charge in [-0.3, -0.25) is 0 Å². The van der Waals surface area contributed by atoms with Crippen LogP contribution in [0.3, 0.4) is 0 Å². The summed E-state index contributed by atoms with van der Waals surface area (Å²) in [5.41, 5.74) is 0. The van der Waals surface area contributed by atoms with Crippen LogP contribution in [0.15, 0.2) is 12.1 Å². The third kappa shape index (κ3) is 6.44. The SMILES string of the molecule is CCCNC(CCC)CCCc1ccc(Cl)s1. The van der Waals surface area contributed by atoms with Crippen LogP contribution in [-0.4, -0.2) is 12.6 Å². The molecule has 3 heteroatoms. The second kappa shape index (κ2) is 8.96. The van der Waals surface area contributed by atoms with Gasteiger partial charge in [0.05, 0.1) is 4.34 Å². The highest BCUT2D eigenvalue weighted by atomic mass is 35.5. The van der Waals surface area contributed by atoms with E-state index in [1.807, 2.05) is 6.07 Å². The van der Waals surface area contributed by atoms with E-state index in [-0.39, 0.29) is 0 Å². The van der Waals surface area contributed by atoms with Crippen molar-refractivity contribution >= 4 is 22.9 Å². The van der Waals surface area contributed by atoms with E-state index in [9.17, 15) is 0 Å². The lowest BCUT2D eigenvalue weighted by Gasteiger charge is -2.17. The van der Waals surface area contributed by atoms with E-state index in [4.69, 9.17) is 11.6 Å². The summed E-state index contributed by atoms with van der Waals surface area (Å²) in [6.07, 6.45) is 7.51. The number of nitrogens with one attached hydrogen (secondary N) is 1. The summed E-state index contributed by atoms with van der Waals surface area (Å²) in [5.74, 6) is 0. The molecule has 17 heavy (non-hydrogen) atoms. The molecule has 1 heterocycles. The first-order chi connectivity index (χ1) is 8.26. The summed E-state index contributed by atoms with van der Waals surface area (Å²) in [5, 5.41) is 3.64. The van der Waals surface area contributed by atoms with E-state index in [2.05, 4.69) is 25.2 Å². The fourth-order valence-corrected chi connectivity index (χ4v) is 3.18. The van der Waals surface area contributed by atoms with Gasteiger partial charge in [-0.2, -0.15) is 0 Å². The highest BCUT2D eigenvalue weighted by Gasteiger charge is 2.06. The molecule has 0 aliphatic carbocycles. The molecule has 0 spiro atoms. The second-order valence-corrected chi connectivity index (χ2v) is 6.34. The molecule has 0 aromatic carbocycles. The summed E-state index contributed by atoms with van der Waals surface area (Å²) in [7, 11) is 0. The van der Waals surface area contributed by atoms with Crippen LogP contribution in [0.5, 0.6) is 0 Å². The van der Waals surface area contributed by atoms with Gasteiger partial charge in [0.15, 0.2) is 0 Å². The topological polar surface area (TPSA) is 12.0 Å². The van der Waals surface area contributed by atoms with Gasteiger partial charge in [0.1, 0.15) is 0 Å². The van der Waals surface area contributed by atoms with Crippen LogP contribution in [0.1, 0.15) is 50.8 Å². The minimum Gasteiger partial charge on any atom is -0.314 e. The Morgan fingerprint density at radius 2 is 2.06 bits per heavy atom. The zero-order valence-corrected chi connectivity index (χ0v) is 12.5. The maximum absolute atomic E-state index is 5.93. The summed E-state index contributed by atoms with van der Waals surface area (Å²) >= 11 is 7.64. The first kappa shape index (κ1) is 15.0. The van der Waals surface area contributed by atoms with Crippen molar-refractivity contribution in [3.63, 3.8) is 0 Å². The van der Waals surface area contributed by atoms with Crippen LogP contribution in [0.4, 0.5) is 0 Å². The minimum atomic E-state index is 0.704. The van der Waals surface area contributed by atoms with Crippen LogP contribution in [0.25, 0.3) is 0 Å². The molecule has 0 amide bonds. The maximum Gasteiger partial charge on any atom is 0.0931 e. The first-order valence-electron chi connectivity index (χ1n) is 6.73. The molecule has 0 aliphatic rings. The van der Waals surface area contributed by atoms with Gasteiger partial charge in [-0.05, 0) is 50.8 Å². The van der Waals surface area contributed by atoms with Gasteiger partial charge >= 0.3 is 0 Å². The fourth-order valence-electron chi connectivity index (χ4n) is 2.05. The molecule has 1 unspecified atom stereocenters. The predicted molar refractivity (Wildman–Crippen MR) is 79.3 cm³/mol. The number of aryl methyl sites for hydroxylation is 1. The lowest BCUT2D eigenvalue weighted by Crippen LogP contribution is -2.29. The van der Waals surface area contributed by atoms with Gasteiger partial charge in [-0.15, -0.1) is 11.3 Å². The lowest BCUT2D eigenvalue weighted by atomic mass is 10.0. The quantitative estimate of drug-likeness (QED) is 0.675. The molecule has 1 N–H and O–H groups in total. The molecule has 98 valence electrons. The number of rotatable bonds is 9. The molecule has 0 saturated heterocycles. The van der Waals surface area contributed by atoms with E-state index in [0.29, 0.717) is 6.04 Å². The molecular formula is C14H24ClNS. The Morgan fingerprint density at radius 1 is 1.24 bits per heavy atom. The third-order valence-corrected chi connectivity index (χ3v) is 4.22. The Hall–Kier alpha value is -0.0500. The molecule has 0 fully saturated rings. The minimum absolute atomic E-state index is 0.704. The van der Waals surface area contributed by atoms with Crippen LogP contribution in [0.2, 0.25) is 4.34 Å². The Bertz CT molecular complexity index is 298. The summed E-state index contributed by atoms with van der Waals surface area (Å²) in [4.78, 5) is 1.42. The Morgan fingerprint density at radius 3 is 2.65 bits per heavy atom. The summed E-state index contributed by atoms with van der Waals surface area (Å²) in [6.45, 7) is 5.64.